The first-order chi connectivity index (χ1) is 14.1. The van der Waals surface area contributed by atoms with E-state index in [0.717, 1.165) is 17.7 Å². The standard InChI is InChI=1S/C21H23N3O4S/c1-28-16-6-4-15(5-7-16)24-19(25)13-17(20(24)26)22-14-8-10-23(11-9-14)21(27)18-3-2-12-29-18/h2-7,12,14,17,22H,8-11,13H2,1H3/p+1/t17-/m0/s1. The summed E-state index contributed by atoms with van der Waals surface area (Å²) in [5.41, 5.74) is 0.577. The van der Waals surface area contributed by atoms with Crippen LogP contribution < -0.4 is 15.0 Å². The van der Waals surface area contributed by atoms with E-state index in [1.807, 2.05) is 27.7 Å². The summed E-state index contributed by atoms with van der Waals surface area (Å²) >= 11 is 1.46. The molecule has 0 radical (unpaired) electrons. The zero-order chi connectivity index (χ0) is 20.4. The maximum Gasteiger partial charge on any atom is 0.292 e. The number of rotatable bonds is 5. The molecule has 29 heavy (non-hydrogen) atoms. The lowest BCUT2D eigenvalue weighted by Crippen LogP contribution is -2.97. The van der Waals surface area contributed by atoms with E-state index in [-0.39, 0.29) is 30.2 Å². The number of carbonyl (C=O) groups excluding carboxylic acids is 3. The topological polar surface area (TPSA) is 83.5 Å². The summed E-state index contributed by atoms with van der Waals surface area (Å²) in [5.74, 6) is 0.417. The SMILES string of the molecule is COc1ccc(N2C(=O)C[C@H]([NH2+]C3CCN(C(=O)c4cccs4)CC3)C2=O)cc1. The molecule has 0 bridgehead atoms. The second kappa shape index (κ2) is 8.34. The number of carbonyl (C=O) groups is 3. The summed E-state index contributed by atoms with van der Waals surface area (Å²) in [4.78, 5) is 41.7. The van der Waals surface area contributed by atoms with Crippen molar-refractivity contribution in [3.05, 3.63) is 46.7 Å². The number of nitrogens with two attached hydrogens (primary N) is 1. The van der Waals surface area contributed by atoms with Crippen LogP contribution in [0.25, 0.3) is 0 Å². The molecule has 2 fully saturated rings. The Hall–Kier alpha value is -2.71. The number of piperidine rings is 1. The number of quaternary nitrogens is 1. The number of methoxy groups -OCH3 is 1. The number of hydrogen-bond donors (Lipinski definition) is 1. The Kier molecular flexibility index (Phi) is 5.64. The van der Waals surface area contributed by atoms with Gasteiger partial charge in [0.25, 0.3) is 11.8 Å². The highest BCUT2D eigenvalue weighted by Gasteiger charge is 2.43. The first kappa shape index (κ1) is 19.6. The van der Waals surface area contributed by atoms with E-state index in [0.29, 0.717) is 24.5 Å². The molecule has 0 saturated carbocycles. The fraction of sp³-hybridized carbons (Fsp3) is 0.381. The third-order valence-electron chi connectivity index (χ3n) is 5.58. The van der Waals surface area contributed by atoms with Crippen molar-refractivity contribution in [2.75, 3.05) is 25.1 Å². The molecule has 1 aromatic heterocycles. The van der Waals surface area contributed by atoms with Crippen LogP contribution in [0.15, 0.2) is 41.8 Å². The van der Waals surface area contributed by atoms with Gasteiger partial charge in [-0.15, -0.1) is 11.3 Å². The highest BCUT2D eigenvalue weighted by Crippen LogP contribution is 2.24. The average molecular weight is 415 g/mol. The highest BCUT2D eigenvalue weighted by atomic mass is 32.1. The number of anilines is 1. The van der Waals surface area contributed by atoms with Gasteiger partial charge < -0.3 is 15.0 Å². The molecule has 152 valence electrons. The van der Waals surface area contributed by atoms with E-state index in [9.17, 15) is 14.4 Å². The molecule has 0 aliphatic carbocycles. The quantitative estimate of drug-likeness (QED) is 0.747. The zero-order valence-corrected chi connectivity index (χ0v) is 17.1. The van der Waals surface area contributed by atoms with E-state index in [2.05, 4.69) is 0 Å². The number of imide groups is 1. The van der Waals surface area contributed by atoms with Gasteiger partial charge in [-0.05, 0) is 35.7 Å². The van der Waals surface area contributed by atoms with Gasteiger partial charge in [-0.3, -0.25) is 14.4 Å². The van der Waals surface area contributed by atoms with Crippen LogP contribution in [0, 0.1) is 0 Å². The predicted molar refractivity (Wildman–Crippen MR) is 109 cm³/mol. The molecule has 8 heteroatoms. The smallest absolute Gasteiger partial charge is 0.292 e. The van der Waals surface area contributed by atoms with Crippen LogP contribution in [0.5, 0.6) is 5.75 Å². The molecule has 1 atom stereocenters. The summed E-state index contributed by atoms with van der Waals surface area (Å²) in [5, 5.41) is 3.93. The molecule has 0 unspecified atom stereocenters. The number of nitrogens with zero attached hydrogens (tertiary/aromatic N) is 2. The van der Waals surface area contributed by atoms with Crippen molar-refractivity contribution >= 4 is 34.7 Å². The second-order valence-electron chi connectivity index (χ2n) is 7.38. The Labute approximate surface area is 173 Å². The number of amides is 3. The average Bonchev–Trinajstić information content (AvgIpc) is 3.37. The Morgan fingerprint density at radius 2 is 1.86 bits per heavy atom. The van der Waals surface area contributed by atoms with Crippen LogP contribution in [-0.2, 0) is 9.59 Å². The summed E-state index contributed by atoms with van der Waals surface area (Å²) in [6.45, 7) is 1.35. The lowest BCUT2D eigenvalue weighted by atomic mass is 10.0. The van der Waals surface area contributed by atoms with Gasteiger partial charge in [0.1, 0.15) is 5.75 Å². The number of hydrogen-bond acceptors (Lipinski definition) is 5. The van der Waals surface area contributed by atoms with Crippen LogP contribution in [0.2, 0.25) is 0 Å². The molecule has 1 aromatic carbocycles. The molecular weight excluding hydrogens is 390 g/mol. The molecule has 3 heterocycles. The Morgan fingerprint density at radius 1 is 1.14 bits per heavy atom. The van der Waals surface area contributed by atoms with Gasteiger partial charge in [0, 0.05) is 25.9 Å². The molecule has 0 spiro atoms. The van der Waals surface area contributed by atoms with Gasteiger partial charge in [-0.1, -0.05) is 6.07 Å². The van der Waals surface area contributed by atoms with E-state index in [4.69, 9.17) is 4.74 Å². The van der Waals surface area contributed by atoms with Gasteiger partial charge in [0.05, 0.1) is 30.1 Å². The predicted octanol–water partition coefficient (Wildman–Crippen LogP) is 1.26. The number of thiophene rings is 1. The fourth-order valence-corrected chi connectivity index (χ4v) is 4.68. The third-order valence-corrected chi connectivity index (χ3v) is 6.43. The lowest BCUT2D eigenvalue weighted by molar-refractivity contribution is -0.709. The van der Waals surface area contributed by atoms with Crippen molar-refractivity contribution in [1.29, 1.82) is 0 Å². The van der Waals surface area contributed by atoms with Crippen molar-refractivity contribution in [2.45, 2.75) is 31.3 Å². The second-order valence-corrected chi connectivity index (χ2v) is 8.32. The molecule has 2 aliphatic heterocycles. The molecule has 4 rings (SSSR count). The fourth-order valence-electron chi connectivity index (χ4n) is 3.99. The van der Waals surface area contributed by atoms with E-state index in [1.54, 1.807) is 31.4 Å². The van der Waals surface area contributed by atoms with Crippen molar-refractivity contribution in [1.82, 2.24) is 4.90 Å². The maximum absolute atomic E-state index is 12.9. The van der Waals surface area contributed by atoms with Gasteiger partial charge >= 0.3 is 0 Å². The first-order valence-electron chi connectivity index (χ1n) is 9.75. The summed E-state index contributed by atoms with van der Waals surface area (Å²) in [6, 6.07) is 10.5. The monoisotopic (exact) mass is 414 g/mol. The Morgan fingerprint density at radius 3 is 2.48 bits per heavy atom. The minimum atomic E-state index is -0.394. The van der Waals surface area contributed by atoms with E-state index < -0.39 is 6.04 Å². The maximum atomic E-state index is 12.9. The van der Waals surface area contributed by atoms with E-state index >= 15 is 0 Å². The summed E-state index contributed by atoms with van der Waals surface area (Å²) < 4.78 is 5.13. The lowest BCUT2D eigenvalue weighted by Gasteiger charge is -2.31. The van der Waals surface area contributed by atoms with Crippen LogP contribution in [-0.4, -0.2) is 54.9 Å². The minimum Gasteiger partial charge on any atom is -0.497 e. The normalized spacial score (nSPS) is 20.4. The van der Waals surface area contributed by atoms with Crippen molar-refractivity contribution in [3.8, 4) is 5.75 Å². The first-order valence-corrected chi connectivity index (χ1v) is 10.6. The van der Waals surface area contributed by atoms with Gasteiger partial charge in [-0.25, -0.2) is 4.90 Å². The summed E-state index contributed by atoms with van der Waals surface area (Å²) in [6.07, 6.45) is 1.84. The number of ether oxygens (including phenoxy) is 1. The van der Waals surface area contributed by atoms with Crippen molar-refractivity contribution in [2.24, 2.45) is 0 Å². The van der Waals surface area contributed by atoms with Crippen molar-refractivity contribution in [3.63, 3.8) is 0 Å². The zero-order valence-electron chi connectivity index (χ0n) is 16.2. The van der Waals surface area contributed by atoms with E-state index in [1.165, 1.54) is 16.2 Å². The van der Waals surface area contributed by atoms with Gasteiger partial charge in [0.15, 0.2) is 6.04 Å². The molecule has 2 aliphatic rings. The highest BCUT2D eigenvalue weighted by molar-refractivity contribution is 7.12. The minimum absolute atomic E-state index is 0.0799. The van der Waals surface area contributed by atoms with Crippen LogP contribution >= 0.6 is 11.3 Å². The van der Waals surface area contributed by atoms with Crippen molar-refractivity contribution < 1.29 is 24.4 Å². The number of likely N-dealkylation sites (tertiary alicyclic amines) is 1. The molecule has 7 nitrogen and oxygen atoms in total. The number of benzene rings is 1. The third kappa shape index (κ3) is 4.04. The van der Waals surface area contributed by atoms with Crippen LogP contribution in [0.4, 0.5) is 5.69 Å². The van der Waals surface area contributed by atoms with Gasteiger partial charge in [0.2, 0.25) is 5.91 Å². The van der Waals surface area contributed by atoms with Crippen LogP contribution in [0.3, 0.4) is 0 Å². The summed E-state index contributed by atoms with van der Waals surface area (Å²) in [7, 11) is 1.57. The molecule has 2 N–H and O–H groups in total. The van der Waals surface area contributed by atoms with Crippen LogP contribution in [0.1, 0.15) is 28.9 Å². The molecular formula is C21H24N3O4S+. The molecule has 3 amide bonds. The Balaban J connectivity index is 1.34. The molecule has 2 saturated heterocycles. The van der Waals surface area contributed by atoms with Gasteiger partial charge in [-0.2, -0.15) is 0 Å². The Bertz CT molecular complexity index is 889. The largest absolute Gasteiger partial charge is 0.497 e. The molecule has 2 aromatic rings.